The van der Waals surface area contributed by atoms with E-state index in [1.807, 2.05) is 18.2 Å². The van der Waals surface area contributed by atoms with Crippen molar-refractivity contribution in [1.29, 1.82) is 0 Å². The molecule has 0 saturated carbocycles. The summed E-state index contributed by atoms with van der Waals surface area (Å²) in [4.78, 5) is 14.7. The molecule has 1 aliphatic heterocycles. The van der Waals surface area contributed by atoms with Crippen molar-refractivity contribution >= 4 is 5.97 Å². The molecule has 1 aliphatic rings. The van der Waals surface area contributed by atoms with Gasteiger partial charge in [0.1, 0.15) is 0 Å². The van der Waals surface area contributed by atoms with Crippen LogP contribution in [-0.4, -0.2) is 22.1 Å². The Morgan fingerprint density at radius 3 is 3.07 bits per heavy atom. The first kappa shape index (κ1) is 10.1. The van der Waals surface area contributed by atoms with Gasteiger partial charge in [0.2, 0.25) is 0 Å². The molecule has 5 nitrogen and oxygen atoms in total. The van der Waals surface area contributed by atoms with Gasteiger partial charge in [-0.3, -0.25) is 15.2 Å². The van der Waals surface area contributed by atoms with Gasteiger partial charge in [0.05, 0.1) is 18.2 Å². The Hall–Kier alpha value is -1.46. The van der Waals surface area contributed by atoms with E-state index in [4.69, 9.17) is 5.11 Å². The second-order valence-electron chi connectivity index (χ2n) is 3.63. The number of aliphatic carboxylic acids is 1. The normalized spacial score (nSPS) is 25.3. The minimum absolute atomic E-state index is 0.0190. The van der Waals surface area contributed by atoms with Crippen LogP contribution in [0.3, 0.4) is 0 Å². The van der Waals surface area contributed by atoms with E-state index in [1.165, 1.54) is 0 Å². The van der Waals surface area contributed by atoms with Gasteiger partial charge >= 0.3 is 5.97 Å². The molecule has 0 amide bonds. The van der Waals surface area contributed by atoms with Gasteiger partial charge in [0, 0.05) is 12.2 Å². The van der Waals surface area contributed by atoms with Crippen molar-refractivity contribution in [2.45, 2.75) is 24.9 Å². The molecule has 5 heteroatoms. The maximum absolute atomic E-state index is 10.5. The topological polar surface area (TPSA) is 74.2 Å². The third kappa shape index (κ3) is 2.51. The van der Waals surface area contributed by atoms with Gasteiger partial charge in [0.15, 0.2) is 0 Å². The lowest BCUT2D eigenvalue weighted by molar-refractivity contribution is -0.137. The lowest BCUT2D eigenvalue weighted by atomic mass is 10.0. The zero-order chi connectivity index (χ0) is 10.7. The molecule has 1 aromatic rings. The number of hydrogen-bond donors (Lipinski definition) is 3. The number of nitrogens with one attached hydrogen (secondary N) is 2. The van der Waals surface area contributed by atoms with Crippen LogP contribution in [0.5, 0.6) is 0 Å². The van der Waals surface area contributed by atoms with E-state index >= 15 is 0 Å². The molecule has 2 rings (SSSR count). The predicted molar refractivity (Wildman–Crippen MR) is 53.9 cm³/mol. The van der Waals surface area contributed by atoms with Crippen LogP contribution < -0.4 is 10.9 Å². The Kier molecular flexibility index (Phi) is 2.94. The number of carbonyl (C=O) groups is 1. The zero-order valence-electron chi connectivity index (χ0n) is 8.18. The summed E-state index contributed by atoms with van der Waals surface area (Å²) < 4.78 is 0. The lowest BCUT2D eigenvalue weighted by Crippen LogP contribution is -2.32. The van der Waals surface area contributed by atoms with Gasteiger partial charge in [-0.2, -0.15) is 0 Å². The van der Waals surface area contributed by atoms with Gasteiger partial charge in [-0.1, -0.05) is 6.07 Å². The molecule has 80 valence electrons. The summed E-state index contributed by atoms with van der Waals surface area (Å²) in [6, 6.07) is 5.81. The molecular weight excluding hydrogens is 194 g/mol. The number of carboxylic acid groups (broad SMARTS) is 1. The van der Waals surface area contributed by atoms with Crippen LogP contribution in [-0.2, 0) is 4.79 Å². The molecule has 15 heavy (non-hydrogen) atoms. The highest BCUT2D eigenvalue weighted by Gasteiger charge is 2.26. The summed E-state index contributed by atoms with van der Waals surface area (Å²) in [5.74, 6) is -0.782. The fraction of sp³-hybridized carbons (Fsp3) is 0.400. The Bertz CT molecular complexity index is 342. The van der Waals surface area contributed by atoms with Crippen molar-refractivity contribution in [2.75, 3.05) is 0 Å². The molecule has 2 heterocycles. The molecule has 2 atom stereocenters. The van der Waals surface area contributed by atoms with Crippen LogP contribution >= 0.6 is 0 Å². The number of carboxylic acids is 1. The monoisotopic (exact) mass is 207 g/mol. The molecule has 1 saturated heterocycles. The van der Waals surface area contributed by atoms with Gasteiger partial charge in [-0.05, 0) is 18.6 Å². The Labute approximate surface area is 87.5 Å². The van der Waals surface area contributed by atoms with Crippen molar-refractivity contribution in [3.63, 3.8) is 0 Å². The minimum atomic E-state index is -0.782. The van der Waals surface area contributed by atoms with E-state index in [1.54, 1.807) is 6.20 Å². The maximum atomic E-state index is 10.5. The van der Waals surface area contributed by atoms with E-state index in [9.17, 15) is 4.79 Å². The van der Waals surface area contributed by atoms with Crippen LogP contribution in [0, 0.1) is 0 Å². The first-order valence-electron chi connectivity index (χ1n) is 4.89. The number of hydrazine groups is 1. The largest absolute Gasteiger partial charge is 0.481 e. The van der Waals surface area contributed by atoms with E-state index in [2.05, 4.69) is 15.8 Å². The fourth-order valence-electron chi connectivity index (χ4n) is 1.74. The van der Waals surface area contributed by atoms with Gasteiger partial charge in [0.25, 0.3) is 0 Å². The Morgan fingerprint density at radius 1 is 1.53 bits per heavy atom. The first-order chi connectivity index (χ1) is 7.25. The quantitative estimate of drug-likeness (QED) is 0.671. The molecule has 3 N–H and O–H groups in total. The molecule has 1 fully saturated rings. The predicted octanol–water partition coefficient (Wildman–Crippen LogP) is 0.464. The average Bonchev–Trinajstić information content (AvgIpc) is 2.67. The van der Waals surface area contributed by atoms with E-state index in [0.717, 1.165) is 12.1 Å². The number of aromatic nitrogens is 1. The summed E-state index contributed by atoms with van der Waals surface area (Å²) in [5, 5.41) is 8.65. The fourth-order valence-corrected chi connectivity index (χ4v) is 1.74. The highest BCUT2D eigenvalue weighted by atomic mass is 16.4. The molecule has 0 aromatic carbocycles. The maximum Gasteiger partial charge on any atom is 0.304 e. The number of pyridine rings is 1. The van der Waals surface area contributed by atoms with E-state index in [-0.39, 0.29) is 18.5 Å². The molecule has 2 unspecified atom stereocenters. The van der Waals surface area contributed by atoms with Crippen molar-refractivity contribution in [3.8, 4) is 0 Å². The summed E-state index contributed by atoms with van der Waals surface area (Å²) in [6.07, 6.45) is 2.63. The lowest BCUT2D eigenvalue weighted by Gasteiger charge is -2.07. The van der Waals surface area contributed by atoms with Crippen LogP contribution in [0.15, 0.2) is 24.4 Å². The van der Waals surface area contributed by atoms with E-state index in [0.29, 0.717) is 0 Å². The minimum Gasteiger partial charge on any atom is -0.481 e. The molecule has 0 aliphatic carbocycles. The van der Waals surface area contributed by atoms with Crippen LogP contribution in [0.2, 0.25) is 0 Å². The van der Waals surface area contributed by atoms with Crippen LogP contribution in [0.4, 0.5) is 0 Å². The summed E-state index contributed by atoms with van der Waals surface area (Å²) in [5.41, 5.74) is 6.96. The van der Waals surface area contributed by atoms with E-state index < -0.39 is 5.97 Å². The highest BCUT2D eigenvalue weighted by Crippen LogP contribution is 2.21. The molecule has 0 radical (unpaired) electrons. The van der Waals surface area contributed by atoms with Crippen molar-refractivity contribution < 1.29 is 9.90 Å². The van der Waals surface area contributed by atoms with Crippen molar-refractivity contribution in [1.82, 2.24) is 15.8 Å². The second-order valence-corrected chi connectivity index (χ2v) is 3.63. The number of nitrogens with zero attached hydrogens (tertiary/aromatic N) is 1. The van der Waals surface area contributed by atoms with Gasteiger partial charge in [-0.25, -0.2) is 5.43 Å². The zero-order valence-corrected chi connectivity index (χ0v) is 8.18. The third-order valence-electron chi connectivity index (χ3n) is 2.45. The smallest absolute Gasteiger partial charge is 0.304 e. The molecular formula is C10H13N3O2. The van der Waals surface area contributed by atoms with Crippen LogP contribution in [0.25, 0.3) is 0 Å². The second kappa shape index (κ2) is 4.37. The summed E-state index contributed by atoms with van der Waals surface area (Å²) >= 11 is 0. The Morgan fingerprint density at radius 2 is 2.40 bits per heavy atom. The third-order valence-corrected chi connectivity index (χ3v) is 2.45. The average molecular weight is 207 g/mol. The summed E-state index contributed by atoms with van der Waals surface area (Å²) in [7, 11) is 0. The molecule has 0 spiro atoms. The number of rotatable bonds is 3. The standard InChI is InChI=1S/C10H13N3O2/c14-10(15)6-7-5-9(13-12-7)8-3-1-2-4-11-8/h1-4,7,9,12-13H,5-6H2,(H,14,15). The van der Waals surface area contributed by atoms with Gasteiger partial charge < -0.3 is 5.11 Å². The van der Waals surface area contributed by atoms with Gasteiger partial charge in [-0.15, -0.1) is 0 Å². The van der Waals surface area contributed by atoms with Crippen LogP contribution in [0.1, 0.15) is 24.6 Å². The molecule has 1 aromatic heterocycles. The van der Waals surface area contributed by atoms with Crippen molar-refractivity contribution in [2.24, 2.45) is 0 Å². The van der Waals surface area contributed by atoms with Crippen molar-refractivity contribution in [3.05, 3.63) is 30.1 Å². The SMILES string of the molecule is O=C(O)CC1CC(c2ccccn2)NN1. The first-order valence-corrected chi connectivity index (χ1v) is 4.89. The highest BCUT2D eigenvalue weighted by molar-refractivity contribution is 5.67. The Balaban J connectivity index is 1.96. The summed E-state index contributed by atoms with van der Waals surface area (Å²) in [6.45, 7) is 0. The molecule has 0 bridgehead atoms. The number of hydrogen-bond acceptors (Lipinski definition) is 4.